The molecule has 1 N–H and O–H groups in total. The lowest BCUT2D eigenvalue weighted by molar-refractivity contribution is 0.0952. The number of nitrogens with zero attached hydrogens (tertiary/aromatic N) is 2. The van der Waals surface area contributed by atoms with E-state index in [4.69, 9.17) is 0 Å². The van der Waals surface area contributed by atoms with E-state index in [0.29, 0.717) is 0 Å². The molecule has 1 amide bonds. The fourth-order valence-corrected chi connectivity index (χ4v) is 3.76. The minimum Gasteiger partial charge on any atom is -0.352 e. The van der Waals surface area contributed by atoms with Gasteiger partial charge in [-0.15, -0.1) is 0 Å². The SMILES string of the molecule is Cc1cc(C)n(Cc2ccc(C(=O)NCCCC3CCCC3)cc2)n1. The van der Waals surface area contributed by atoms with Crippen molar-refractivity contribution in [3.8, 4) is 0 Å². The third-order valence-corrected chi connectivity index (χ3v) is 5.20. The molecule has 0 spiro atoms. The number of aryl methyl sites for hydroxylation is 2. The molecule has 25 heavy (non-hydrogen) atoms. The number of hydrogen-bond acceptors (Lipinski definition) is 2. The Kier molecular flexibility index (Phi) is 5.90. The van der Waals surface area contributed by atoms with Crippen molar-refractivity contribution >= 4 is 5.91 Å². The average molecular weight is 339 g/mol. The van der Waals surface area contributed by atoms with Crippen LogP contribution in [0.5, 0.6) is 0 Å². The molecule has 0 bridgehead atoms. The quantitative estimate of drug-likeness (QED) is 0.767. The third kappa shape index (κ3) is 4.94. The topological polar surface area (TPSA) is 46.9 Å². The smallest absolute Gasteiger partial charge is 0.251 e. The molecule has 2 aromatic rings. The molecule has 1 fully saturated rings. The van der Waals surface area contributed by atoms with Crippen LogP contribution in [0.4, 0.5) is 0 Å². The van der Waals surface area contributed by atoms with Crippen LogP contribution >= 0.6 is 0 Å². The van der Waals surface area contributed by atoms with Gasteiger partial charge in [-0.3, -0.25) is 9.48 Å². The van der Waals surface area contributed by atoms with Gasteiger partial charge < -0.3 is 5.32 Å². The standard InChI is InChI=1S/C21H29N3O/c1-16-14-17(2)24(23-16)15-19-9-11-20(12-10-19)21(25)22-13-5-8-18-6-3-4-7-18/h9-12,14,18H,3-8,13,15H2,1-2H3,(H,22,25). The molecule has 1 aromatic heterocycles. The van der Waals surface area contributed by atoms with Crippen LogP contribution in [0.25, 0.3) is 0 Å². The highest BCUT2D eigenvalue weighted by atomic mass is 16.1. The molecule has 1 heterocycles. The van der Waals surface area contributed by atoms with E-state index < -0.39 is 0 Å². The Morgan fingerprint density at radius 1 is 1.20 bits per heavy atom. The molecule has 4 heteroatoms. The molecule has 0 aliphatic heterocycles. The molecule has 1 aromatic carbocycles. The van der Waals surface area contributed by atoms with Crippen molar-refractivity contribution in [3.05, 3.63) is 52.8 Å². The van der Waals surface area contributed by atoms with Crippen molar-refractivity contribution in [1.82, 2.24) is 15.1 Å². The Morgan fingerprint density at radius 3 is 2.56 bits per heavy atom. The zero-order chi connectivity index (χ0) is 17.6. The van der Waals surface area contributed by atoms with E-state index in [9.17, 15) is 4.79 Å². The van der Waals surface area contributed by atoms with Crippen LogP contribution in [0.3, 0.4) is 0 Å². The number of carbonyl (C=O) groups is 1. The molecule has 134 valence electrons. The van der Waals surface area contributed by atoms with Gasteiger partial charge in [0.05, 0.1) is 12.2 Å². The van der Waals surface area contributed by atoms with Gasteiger partial charge in [0.1, 0.15) is 0 Å². The first-order valence-electron chi connectivity index (χ1n) is 9.50. The number of carbonyl (C=O) groups excluding carboxylic acids is 1. The van der Waals surface area contributed by atoms with Crippen molar-refractivity contribution in [3.63, 3.8) is 0 Å². The van der Waals surface area contributed by atoms with Crippen molar-refractivity contribution < 1.29 is 4.79 Å². The van der Waals surface area contributed by atoms with E-state index >= 15 is 0 Å². The third-order valence-electron chi connectivity index (χ3n) is 5.20. The predicted molar refractivity (Wildman–Crippen MR) is 101 cm³/mol. The Labute approximate surface area is 150 Å². The molecule has 4 nitrogen and oxygen atoms in total. The van der Waals surface area contributed by atoms with Gasteiger partial charge in [0.2, 0.25) is 0 Å². The summed E-state index contributed by atoms with van der Waals surface area (Å²) in [5.41, 5.74) is 4.08. The van der Waals surface area contributed by atoms with E-state index in [1.54, 1.807) is 0 Å². The molecule has 0 saturated heterocycles. The second-order valence-electron chi connectivity index (χ2n) is 7.33. The Morgan fingerprint density at radius 2 is 1.92 bits per heavy atom. The van der Waals surface area contributed by atoms with Crippen molar-refractivity contribution in [1.29, 1.82) is 0 Å². The molecule has 1 aliphatic rings. The summed E-state index contributed by atoms with van der Waals surface area (Å²) in [7, 11) is 0. The van der Waals surface area contributed by atoms with Gasteiger partial charge in [0.15, 0.2) is 0 Å². The molecular formula is C21H29N3O. The van der Waals surface area contributed by atoms with E-state index in [0.717, 1.165) is 47.9 Å². The number of nitrogens with one attached hydrogen (secondary N) is 1. The molecular weight excluding hydrogens is 310 g/mol. The largest absolute Gasteiger partial charge is 0.352 e. The van der Waals surface area contributed by atoms with Gasteiger partial charge in [-0.1, -0.05) is 37.8 Å². The first kappa shape index (κ1) is 17.7. The van der Waals surface area contributed by atoms with Crippen molar-refractivity contribution in [2.45, 2.75) is 58.9 Å². The minimum absolute atomic E-state index is 0.0316. The predicted octanol–water partition coefficient (Wildman–Crippen LogP) is 4.25. The molecule has 0 unspecified atom stereocenters. The number of benzene rings is 1. The Hall–Kier alpha value is -2.10. The van der Waals surface area contributed by atoms with Crippen LogP contribution in [0.1, 0.15) is 65.8 Å². The number of amides is 1. The Bertz CT molecular complexity index is 696. The fraction of sp³-hybridized carbons (Fsp3) is 0.524. The van der Waals surface area contributed by atoms with Gasteiger partial charge in [-0.2, -0.15) is 5.10 Å². The molecule has 1 aliphatic carbocycles. The van der Waals surface area contributed by atoms with Gasteiger partial charge in [-0.05, 0) is 56.4 Å². The molecule has 0 atom stereocenters. The van der Waals surface area contributed by atoms with Crippen LogP contribution in [0, 0.1) is 19.8 Å². The zero-order valence-electron chi connectivity index (χ0n) is 15.4. The van der Waals surface area contributed by atoms with Gasteiger partial charge in [0, 0.05) is 17.8 Å². The van der Waals surface area contributed by atoms with Crippen LogP contribution in [0.2, 0.25) is 0 Å². The summed E-state index contributed by atoms with van der Waals surface area (Å²) in [6, 6.07) is 9.93. The lowest BCUT2D eigenvalue weighted by Crippen LogP contribution is -2.24. The maximum Gasteiger partial charge on any atom is 0.251 e. The summed E-state index contributed by atoms with van der Waals surface area (Å²) < 4.78 is 1.99. The summed E-state index contributed by atoms with van der Waals surface area (Å²) in [6.07, 6.45) is 7.88. The number of hydrogen-bond donors (Lipinski definition) is 1. The van der Waals surface area contributed by atoms with E-state index in [1.807, 2.05) is 35.9 Å². The van der Waals surface area contributed by atoms with Crippen molar-refractivity contribution in [2.24, 2.45) is 5.92 Å². The lowest BCUT2D eigenvalue weighted by atomic mass is 10.0. The van der Waals surface area contributed by atoms with Crippen LogP contribution < -0.4 is 5.32 Å². The first-order chi connectivity index (χ1) is 12.1. The van der Waals surface area contributed by atoms with Gasteiger partial charge in [-0.25, -0.2) is 0 Å². The summed E-state index contributed by atoms with van der Waals surface area (Å²) in [4.78, 5) is 12.2. The lowest BCUT2D eigenvalue weighted by Gasteiger charge is -2.10. The molecule has 0 radical (unpaired) electrons. The summed E-state index contributed by atoms with van der Waals surface area (Å²) in [5.74, 6) is 0.926. The molecule has 3 rings (SSSR count). The highest BCUT2D eigenvalue weighted by Crippen LogP contribution is 2.28. The van der Waals surface area contributed by atoms with E-state index in [2.05, 4.69) is 23.4 Å². The average Bonchev–Trinajstić information content (AvgIpc) is 3.22. The second kappa shape index (κ2) is 8.32. The maximum absolute atomic E-state index is 12.2. The number of rotatable bonds is 7. The first-order valence-corrected chi connectivity index (χ1v) is 9.50. The second-order valence-corrected chi connectivity index (χ2v) is 7.33. The fourth-order valence-electron chi connectivity index (χ4n) is 3.76. The van der Waals surface area contributed by atoms with Gasteiger partial charge >= 0.3 is 0 Å². The summed E-state index contributed by atoms with van der Waals surface area (Å²) >= 11 is 0. The summed E-state index contributed by atoms with van der Waals surface area (Å²) in [5, 5.41) is 7.53. The van der Waals surface area contributed by atoms with Gasteiger partial charge in [0.25, 0.3) is 5.91 Å². The summed E-state index contributed by atoms with van der Waals surface area (Å²) in [6.45, 7) is 5.59. The van der Waals surface area contributed by atoms with Crippen LogP contribution in [-0.2, 0) is 6.54 Å². The zero-order valence-corrected chi connectivity index (χ0v) is 15.4. The highest BCUT2D eigenvalue weighted by Gasteiger charge is 2.14. The highest BCUT2D eigenvalue weighted by molar-refractivity contribution is 5.94. The minimum atomic E-state index is 0.0316. The van der Waals surface area contributed by atoms with E-state index in [-0.39, 0.29) is 5.91 Å². The normalized spacial score (nSPS) is 14.8. The van der Waals surface area contributed by atoms with Crippen LogP contribution in [-0.4, -0.2) is 22.2 Å². The Balaban J connectivity index is 1.46. The van der Waals surface area contributed by atoms with Crippen LogP contribution in [0.15, 0.2) is 30.3 Å². The maximum atomic E-state index is 12.2. The molecule has 1 saturated carbocycles. The van der Waals surface area contributed by atoms with Crippen molar-refractivity contribution in [2.75, 3.05) is 6.54 Å². The monoisotopic (exact) mass is 339 g/mol. The number of aromatic nitrogens is 2. The van der Waals surface area contributed by atoms with E-state index in [1.165, 1.54) is 32.1 Å².